The van der Waals surface area contributed by atoms with E-state index in [-0.39, 0.29) is 17.4 Å². The van der Waals surface area contributed by atoms with E-state index >= 15 is 0 Å². The highest BCUT2D eigenvalue weighted by molar-refractivity contribution is 5.81. The van der Waals surface area contributed by atoms with Gasteiger partial charge < -0.3 is 14.7 Å². The van der Waals surface area contributed by atoms with Crippen molar-refractivity contribution >= 4 is 11.8 Å². The lowest BCUT2D eigenvalue weighted by Crippen LogP contribution is -2.58. The molecule has 5 heteroatoms. The normalized spacial score (nSPS) is 23.7. The van der Waals surface area contributed by atoms with E-state index in [4.69, 9.17) is 0 Å². The summed E-state index contributed by atoms with van der Waals surface area (Å²) in [5.41, 5.74) is 0.914. The molecule has 5 nitrogen and oxygen atoms in total. The molecule has 0 aromatic heterocycles. The number of hydrogen-bond donors (Lipinski definition) is 0. The molecule has 2 aliphatic rings. The van der Waals surface area contributed by atoms with Crippen molar-refractivity contribution in [3.63, 3.8) is 0 Å². The van der Waals surface area contributed by atoms with Crippen molar-refractivity contribution in [2.75, 3.05) is 40.3 Å². The summed E-state index contributed by atoms with van der Waals surface area (Å²) in [6.07, 6.45) is 3.94. The van der Waals surface area contributed by atoms with E-state index in [9.17, 15) is 9.59 Å². The molecule has 0 radical (unpaired) electrons. The fourth-order valence-electron chi connectivity index (χ4n) is 4.17. The lowest BCUT2D eigenvalue weighted by molar-refractivity contribution is -0.139. The van der Waals surface area contributed by atoms with Crippen molar-refractivity contribution in [3.05, 3.63) is 35.9 Å². The van der Waals surface area contributed by atoms with Gasteiger partial charge in [-0.05, 0) is 38.9 Å². The van der Waals surface area contributed by atoms with E-state index in [1.165, 1.54) is 0 Å². The van der Waals surface area contributed by atoms with Gasteiger partial charge in [0, 0.05) is 32.6 Å². The number of hydrogen-bond acceptors (Lipinski definition) is 3. The third kappa shape index (κ3) is 4.03. The Labute approximate surface area is 150 Å². The lowest BCUT2D eigenvalue weighted by atomic mass is 9.86. The Morgan fingerprint density at radius 2 is 1.96 bits per heavy atom. The Hall–Kier alpha value is -1.88. The second-order valence-corrected chi connectivity index (χ2v) is 7.65. The molecule has 1 aromatic rings. The van der Waals surface area contributed by atoms with Crippen LogP contribution in [0.1, 0.15) is 31.2 Å². The highest BCUT2D eigenvalue weighted by Gasteiger charge is 2.47. The van der Waals surface area contributed by atoms with Gasteiger partial charge in [0.15, 0.2) is 0 Å². The molecule has 0 saturated carbocycles. The van der Waals surface area contributed by atoms with Gasteiger partial charge in [0.1, 0.15) is 0 Å². The Bertz CT molecular complexity index is 617. The Morgan fingerprint density at radius 1 is 1.20 bits per heavy atom. The van der Waals surface area contributed by atoms with E-state index in [1.54, 1.807) is 0 Å². The van der Waals surface area contributed by atoms with Gasteiger partial charge in [-0.2, -0.15) is 0 Å². The van der Waals surface area contributed by atoms with Crippen molar-refractivity contribution in [2.24, 2.45) is 0 Å². The number of piperidine rings is 1. The summed E-state index contributed by atoms with van der Waals surface area (Å²) in [6, 6.07) is 9.91. The predicted molar refractivity (Wildman–Crippen MR) is 98.2 cm³/mol. The second kappa shape index (κ2) is 7.56. The Balaban J connectivity index is 1.68. The zero-order chi connectivity index (χ0) is 17.9. The summed E-state index contributed by atoms with van der Waals surface area (Å²) in [5, 5.41) is 0. The van der Waals surface area contributed by atoms with Crippen molar-refractivity contribution in [1.82, 2.24) is 14.7 Å². The minimum absolute atomic E-state index is 0.141. The molecule has 2 fully saturated rings. The molecule has 2 amide bonds. The topological polar surface area (TPSA) is 43.9 Å². The smallest absolute Gasteiger partial charge is 0.227 e. The summed E-state index contributed by atoms with van der Waals surface area (Å²) in [7, 11) is 4.06. The third-order valence-electron chi connectivity index (χ3n) is 5.55. The van der Waals surface area contributed by atoms with E-state index < -0.39 is 0 Å². The number of nitrogens with zero attached hydrogens (tertiary/aromatic N) is 3. The molecule has 2 aliphatic heterocycles. The molecular formula is C20H29N3O2. The van der Waals surface area contributed by atoms with Crippen LogP contribution in [0.3, 0.4) is 0 Å². The van der Waals surface area contributed by atoms with E-state index in [2.05, 4.69) is 9.80 Å². The molecule has 2 saturated heterocycles. The minimum Gasteiger partial charge on any atom is -0.340 e. The average molecular weight is 343 g/mol. The molecule has 1 spiro atoms. The van der Waals surface area contributed by atoms with Crippen LogP contribution in [0.2, 0.25) is 0 Å². The zero-order valence-electron chi connectivity index (χ0n) is 15.4. The zero-order valence-corrected chi connectivity index (χ0v) is 15.4. The van der Waals surface area contributed by atoms with Crippen LogP contribution in [-0.2, 0) is 16.0 Å². The maximum Gasteiger partial charge on any atom is 0.227 e. The third-order valence-corrected chi connectivity index (χ3v) is 5.55. The predicted octanol–water partition coefficient (Wildman–Crippen LogP) is 1.77. The number of rotatable bonds is 5. The van der Waals surface area contributed by atoms with Crippen LogP contribution in [0.4, 0.5) is 0 Å². The lowest BCUT2D eigenvalue weighted by Gasteiger charge is -2.46. The van der Waals surface area contributed by atoms with Gasteiger partial charge in [0.05, 0.1) is 12.0 Å². The molecule has 1 atom stereocenters. The van der Waals surface area contributed by atoms with Crippen LogP contribution in [0, 0.1) is 0 Å². The van der Waals surface area contributed by atoms with Crippen molar-refractivity contribution in [2.45, 2.75) is 37.6 Å². The van der Waals surface area contributed by atoms with E-state index in [0.717, 1.165) is 44.5 Å². The Kier molecular flexibility index (Phi) is 5.42. The first kappa shape index (κ1) is 17.9. The number of likely N-dealkylation sites (tertiary alicyclic amines) is 2. The average Bonchev–Trinajstić information content (AvgIpc) is 2.89. The summed E-state index contributed by atoms with van der Waals surface area (Å²) in [5.74, 6) is 0.427. The quantitative estimate of drug-likeness (QED) is 0.818. The van der Waals surface area contributed by atoms with Gasteiger partial charge in [-0.3, -0.25) is 9.59 Å². The summed E-state index contributed by atoms with van der Waals surface area (Å²) in [6.45, 7) is 3.12. The second-order valence-electron chi connectivity index (χ2n) is 7.65. The largest absolute Gasteiger partial charge is 0.340 e. The molecule has 25 heavy (non-hydrogen) atoms. The van der Waals surface area contributed by atoms with Gasteiger partial charge in [0.25, 0.3) is 0 Å². The maximum absolute atomic E-state index is 12.8. The molecule has 1 unspecified atom stereocenters. The van der Waals surface area contributed by atoms with Gasteiger partial charge in [-0.25, -0.2) is 0 Å². The van der Waals surface area contributed by atoms with Crippen LogP contribution in [0.5, 0.6) is 0 Å². The molecule has 3 rings (SSSR count). The number of benzene rings is 1. The first-order valence-corrected chi connectivity index (χ1v) is 9.27. The SMILES string of the molecule is CN(C)CCN1C(=O)CCC12CCCN(C(=O)Cc1ccccc1)C2. The molecule has 0 bridgehead atoms. The fraction of sp³-hybridized carbons (Fsp3) is 0.600. The summed E-state index contributed by atoms with van der Waals surface area (Å²) < 4.78 is 0. The van der Waals surface area contributed by atoms with Gasteiger partial charge in [-0.15, -0.1) is 0 Å². The van der Waals surface area contributed by atoms with Crippen molar-refractivity contribution in [1.29, 1.82) is 0 Å². The molecular weight excluding hydrogens is 314 g/mol. The molecule has 0 aliphatic carbocycles. The molecule has 1 aromatic carbocycles. The van der Waals surface area contributed by atoms with Crippen molar-refractivity contribution < 1.29 is 9.59 Å². The van der Waals surface area contributed by atoms with Crippen LogP contribution in [-0.4, -0.2) is 72.3 Å². The first-order chi connectivity index (χ1) is 12.0. The van der Waals surface area contributed by atoms with Crippen LogP contribution >= 0.6 is 0 Å². The highest BCUT2D eigenvalue weighted by atomic mass is 16.2. The van der Waals surface area contributed by atoms with Crippen LogP contribution in [0.25, 0.3) is 0 Å². The minimum atomic E-state index is -0.141. The van der Waals surface area contributed by atoms with Gasteiger partial charge in [-0.1, -0.05) is 30.3 Å². The van der Waals surface area contributed by atoms with Crippen LogP contribution in [0.15, 0.2) is 30.3 Å². The number of amides is 2. The molecule has 136 valence electrons. The first-order valence-electron chi connectivity index (χ1n) is 9.27. The standard InChI is InChI=1S/C20H29N3O2/c1-21(2)13-14-23-18(24)9-11-20(23)10-6-12-22(16-20)19(25)15-17-7-4-3-5-8-17/h3-5,7-8H,6,9-16H2,1-2H3. The summed E-state index contributed by atoms with van der Waals surface area (Å²) in [4.78, 5) is 31.4. The number of likely N-dealkylation sites (N-methyl/N-ethyl adjacent to an activating group) is 1. The number of carbonyl (C=O) groups is 2. The fourth-order valence-corrected chi connectivity index (χ4v) is 4.17. The maximum atomic E-state index is 12.8. The van der Waals surface area contributed by atoms with Gasteiger partial charge in [0.2, 0.25) is 11.8 Å². The monoisotopic (exact) mass is 343 g/mol. The van der Waals surface area contributed by atoms with Crippen LogP contribution < -0.4 is 0 Å². The summed E-state index contributed by atoms with van der Waals surface area (Å²) >= 11 is 0. The molecule has 0 N–H and O–H groups in total. The Morgan fingerprint density at radius 3 is 2.68 bits per heavy atom. The van der Waals surface area contributed by atoms with Gasteiger partial charge >= 0.3 is 0 Å². The van der Waals surface area contributed by atoms with Crippen molar-refractivity contribution in [3.8, 4) is 0 Å². The van der Waals surface area contributed by atoms with E-state index in [0.29, 0.717) is 19.4 Å². The highest BCUT2D eigenvalue weighted by Crippen LogP contribution is 2.37. The van der Waals surface area contributed by atoms with E-state index in [1.807, 2.05) is 49.3 Å². The number of carbonyl (C=O) groups excluding carboxylic acids is 2. The molecule has 2 heterocycles.